The number of imidazole rings is 1. The number of aromatic amines is 1. The number of ether oxygens (including phenoxy) is 2. The maximum Gasteiger partial charge on any atom is 0.291 e. The van der Waals surface area contributed by atoms with Crippen LogP contribution in [-0.4, -0.2) is 28.3 Å². The molecule has 164 valence electrons. The zero-order chi connectivity index (χ0) is 22.3. The first-order valence-corrected chi connectivity index (χ1v) is 11.0. The van der Waals surface area contributed by atoms with E-state index >= 15 is 0 Å². The number of H-pyrrole nitrogens is 1. The summed E-state index contributed by atoms with van der Waals surface area (Å²) in [5, 5.41) is 12.0. The molecule has 0 spiro atoms. The van der Waals surface area contributed by atoms with E-state index < -0.39 is 0 Å². The number of allylic oxidation sites excluding steroid dienone is 2. The van der Waals surface area contributed by atoms with Crippen molar-refractivity contribution in [1.82, 2.24) is 9.97 Å². The van der Waals surface area contributed by atoms with Crippen molar-refractivity contribution in [3.8, 4) is 6.07 Å². The number of nitrogens with one attached hydrogen (secondary N) is 2. The molecule has 1 fully saturated rings. The average Bonchev–Trinajstić information content (AvgIpc) is 3.40. The van der Waals surface area contributed by atoms with E-state index in [2.05, 4.69) is 47.4 Å². The van der Waals surface area contributed by atoms with E-state index in [4.69, 9.17) is 14.7 Å². The van der Waals surface area contributed by atoms with E-state index in [1.165, 1.54) is 11.8 Å². The molecule has 1 aromatic carbocycles. The molecule has 1 unspecified atom stereocenters. The molecule has 2 N–H and O–H groups in total. The number of hydrogen-bond acceptors (Lipinski definition) is 5. The molecule has 5 rings (SSSR count). The molecule has 7 nitrogen and oxygen atoms in total. The molecule has 7 heteroatoms. The molecular weight excluding hydrogens is 404 g/mol. The standard InChI is InChI=1S/C25H26N4O3/c1-25(2)9-7-15(8-10-25)19-11-16(21-12-18-4-6-22(31-18)32-21)3-5-20(19)29-24(30)23-27-14-17(13-26)28-23/h3-7,11,14,18,21-22H,8-10,12H2,1-2H3,(H,27,28)(H,29,30)/t18-,21?,22-/m0/s1. The van der Waals surface area contributed by atoms with Gasteiger partial charge in [0.15, 0.2) is 12.1 Å². The second-order valence-corrected chi connectivity index (χ2v) is 9.40. The molecule has 1 aliphatic carbocycles. The van der Waals surface area contributed by atoms with Crippen LogP contribution >= 0.6 is 0 Å². The molecule has 3 atom stereocenters. The summed E-state index contributed by atoms with van der Waals surface area (Å²) in [6.07, 6.45) is 11.2. The average molecular weight is 431 g/mol. The molecule has 2 aromatic rings. The first-order chi connectivity index (χ1) is 15.4. The van der Waals surface area contributed by atoms with E-state index in [-0.39, 0.29) is 41.3 Å². The topological polar surface area (TPSA) is 100 Å². The van der Waals surface area contributed by atoms with Gasteiger partial charge in [0.25, 0.3) is 5.91 Å². The lowest BCUT2D eigenvalue weighted by Gasteiger charge is -2.31. The van der Waals surface area contributed by atoms with Crippen molar-refractivity contribution in [1.29, 1.82) is 5.26 Å². The number of rotatable bonds is 4. The summed E-state index contributed by atoms with van der Waals surface area (Å²) < 4.78 is 11.8. The minimum Gasteiger partial charge on any atom is -0.341 e. The van der Waals surface area contributed by atoms with E-state index in [0.717, 1.165) is 42.5 Å². The fraction of sp³-hybridized carbons (Fsp3) is 0.400. The van der Waals surface area contributed by atoms with Gasteiger partial charge in [-0.25, -0.2) is 4.98 Å². The summed E-state index contributed by atoms with van der Waals surface area (Å²) >= 11 is 0. The largest absolute Gasteiger partial charge is 0.341 e. The minimum absolute atomic E-state index is 0.0545. The molecule has 0 radical (unpaired) electrons. The smallest absolute Gasteiger partial charge is 0.291 e. The molecule has 1 amide bonds. The minimum atomic E-state index is -0.373. The molecule has 1 aromatic heterocycles. The molecule has 2 bridgehead atoms. The number of anilines is 1. The lowest BCUT2D eigenvalue weighted by Crippen LogP contribution is -2.27. The van der Waals surface area contributed by atoms with Crippen LogP contribution in [-0.2, 0) is 9.47 Å². The third-order valence-electron chi connectivity index (χ3n) is 6.43. The van der Waals surface area contributed by atoms with Crippen LogP contribution in [0.2, 0.25) is 0 Å². The molecular formula is C25H26N4O3. The van der Waals surface area contributed by atoms with E-state index in [0.29, 0.717) is 0 Å². The molecule has 0 saturated carbocycles. The Bertz CT molecular complexity index is 1140. The van der Waals surface area contributed by atoms with E-state index in [9.17, 15) is 4.79 Å². The van der Waals surface area contributed by atoms with Crippen LogP contribution in [0.25, 0.3) is 5.57 Å². The van der Waals surface area contributed by atoms with Gasteiger partial charge in [0, 0.05) is 17.7 Å². The Morgan fingerprint density at radius 1 is 1.31 bits per heavy atom. The number of carbonyl (C=O) groups excluding carboxylic acids is 1. The van der Waals surface area contributed by atoms with Gasteiger partial charge in [-0.15, -0.1) is 0 Å². The molecule has 2 aliphatic heterocycles. The fourth-order valence-electron chi connectivity index (χ4n) is 4.47. The Balaban J connectivity index is 1.46. The zero-order valence-electron chi connectivity index (χ0n) is 18.2. The maximum atomic E-state index is 12.8. The van der Waals surface area contributed by atoms with Gasteiger partial charge in [-0.3, -0.25) is 4.79 Å². The quantitative estimate of drug-likeness (QED) is 0.674. The van der Waals surface area contributed by atoms with Crippen molar-refractivity contribution in [2.45, 2.75) is 58.0 Å². The number of aromatic nitrogens is 2. The van der Waals surface area contributed by atoms with Crippen molar-refractivity contribution >= 4 is 17.2 Å². The number of carbonyl (C=O) groups is 1. The van der Waals surface area contributed by atoms with Crippen LogP contribution in [0, 0.1) is 16.7 Å². The van der Waals surface area contributed by atoms with Crippen LogP contribution in [0.5, 0.6) is 0 Å². The van der Waals surface area contributed by atoms with Gasteiger partial charge in [0.05, 0.1) is 18.4 Å². The second kappa shape index (κ2) is 8.05. The van der Waals surface area contributed by atoms with Crippen molar-refractivity contribution in [3.63, 3.8) is 0 Å². The summed E-state index contributed by atoms with van der Waals surface area (Å²) in [6.45, 7) is 4.56. The van der Waals surface area contributed by atoms with Gasteiger partial charge < -0.3 is 19.8 Å². The van der Waals surface area contributed by atoms with Crippen LogP contribution in [0.4, 0.5) is 5.69 Å². The summed E-state index contributed by atoms with van der Waals surface area (Å²) in [5.74, 6) is -0.257. The summed E-state index contributed by atoms with van der Waals surface area (Å²) in [4.78, 5) is 19.5. The van der Waals surface area contributed by atoms with Crippen molar-refractivity contribution in [2.75, 3.05) is 5.32 Å². The normalized spacial score (nSPS) is 25.8. The third kappa shape index (κ3) is 4.12. The van der Waals surface area contributed by atoms with Crippen LogP contribution in [0.15, 0.2) is 42.6 Å². The summed E-state index contributed by atoms with van der Waals surface area (Å²) in [7, 11) is 0. The number of nitriles is 1. The molecule has 32 heavy (non-hydrogen) atoms. The van der Waals surface area contributed by atoms with Gasteiger partial charge in [-0.2, -0.15) is 5.26 Å². The third-order valence-corrected chi connectivity index (χ3v) is 6.43. The Labute approximate surface area is 187 Å². The Morgan fingerprint density at radius 2 is 2.19 bits per heavy atom. The first-order valence-electron chi connectivity index (χ1n) is 11.0. The number of benzene rings is 1. The van der Waals surface area contributed by atoms with Crippen LogP contribution in [0.1, 0.15) is 73.1 Å². The highest BCUT2D eigenvalue weighted by molar-refractivity contribution is 6.03. The lowest BCUT2D eigenvalue weighted by atomic mass is 9.76. The van der Waals surface area contributed by atoms with E-state index in [1.54, 1.807) is 0 Å². The van der Waals surface area contributed by atoms with Crippen LogP contribution in [0.3, 0.4) is 0 Å². The predicted molar refractivity (Wildman–Crippen MR) is 120 cm³/mol. The zero-order valence-corrected chi connectivity index (χ0v) is 18.2. The Hall–Kier alpha value is -3.21. The number of fused-ring (bicyclic) bond motifs is 2. The molecule has 1 saturated heterocycles. The fourth-order valence-corrected chi connectivity index (χ4v) is 4.47. The second-order valence-electron chi connectivity index (χ2n) is 9.40. The Morgan fingerprint density at radius 3 is 2.91 bits per heavy atom. The van der Waals surface area contributed by atoms with Crippen molar-refractivity contribution in [2.24, 2.45) is 5.41 Å². The highest BCUT2D eigenvalue weighted by Gasteiger charge is 2.33. The van der Waals surface area contributed by atoms with Crippen molar-refractivity contribution < 1.29 is 14.3 Å². The highest BCUT2D eigenvalue weighted by Crippen LogP contribution is 2.42. The van der Waals surface area contributed by atoms with Gasteiger partial charge in [-0.05, 0) is 54.0 Å². The monoisotopic (exact) mass is 430 g/mol. The van der Waals surface area contributed by atoms with Gasteiger partial charge in [0.2, 0.25) is 0 Å². The Kier molecular flexibility index (Phi) is 5.20. The van der Waals surface area contributed by atoms with Crippen molar-refractivity contribution in [3.05, 3.63) is 65.3 Å². The molecule has 3 heterocycles. The van der Waals surface area contributed by atoms with Gasteiger partial charge in [-0.1, -0.05) is 32.1 Å². The number of hydrogen-bond donors (Lipinski definition) is 2. The lowest BCUT2D eigenvalue weighted by molar-refractivity contribution is -0.197. The molecule has 3 aliphatic rings. The first kappa shape index (κ1) is 20.7. The summed E-state index contributed by atoms with van der Waals surface area (Å²) in [5.41, 5.74) is 4.58. The van der Waals surface area contributed by atoms with Gasteiger partial charge >= 0.3 is 0 Å². The van der Waals surface area contributed by atoms with E-state index in [1.807, 2.05) is 24.3 Å². The van der Waals surface area contributed by atoms with Crippen LogP contribution < -0.4 is 5.32 Å². The highest BCUT2D eigenvalue weighted by atomic mass is 16.7. The SMILES string of the molecule is CC1(C)CC=C(c2cc(C3C[C@@H]4C=C[C@H](O3)O4)ccc2NC(=O)c2ncc(C#N)[nH]2)CC1. The number of nitrogens with zero attached hydrogens (tertiary/aromatic N) is 2. The number of amides is 1. The summed E-state index contributed by atoms with van der Waals surface area (Å²) in [6, 6.07) is 8.03. The maximum absolute atomic E-state index is 12.8. The van der Waals surface area contributed by atoms with Gasteiger partial charge in [0.1, 0.15) is 11.8 Å². The predicted octanol–water partition coefficient (Wildman–Crippen LogP) is 4.87.